The maximum Gasteiger partial charge on any atom is 0.257 e. The van der Waals surface area contributed by atoms with E-state index < -0.39 is 0 Å². The van der Waals surface area contributed by atoms with Crippen molar-refractivity contribution in [2.24, 2.45) is 11.8 Å². The Balaban J connectivity index is 1.45. The van der Waals surface area contributed by atoms with Crippen LogP contribution in [0, 0.1) is 17.7 Å². The molecule has 4 rings (SSSR count). The van der Waals surface area contributed by atoms with E-state index in [1.807, 2.05) is 0 Å². The van der Waals surface area contributed by atoms with Gasteiger partial charge < -0.3 is 14.6 Å². The molecular weight excluding hydrogens is 371 g/mol. The van der Waals surface area contributed by atoms with Crippen molar-refractivity contribution >= 4 is 11.8 Å². The molecule has 29 heavy (non-hydrogen) atoms. The van der Waals surface area contributed by atoms with Gasteiger partial charge >= 0.3 is 0 Å². The van der Waals surface area contributed by atoms with Crippen molar-refractivity contribution in [3.05, 3.63) is 59.8 Å². The van der Waals surface area contributed by atoms with Gasteiger partial charge in [-0.2, -0.15) is 0 Å². The number of furan rings is 1. The van der Waals surface area contributed by atoms with Gasteiger partial charge in [0.05, 0.1) is 23.8 Å². The van der Waals surface area contributed by atoms with Gasteiger partial charge in [-0.15, -0.1) is 0 Å². The number of nitrogens with one attached hydrogen (secondary N) is 1. The van der Waals surface area contributed by atoms with Crippen LogP contribution in [0.1, 0.15) is 60.5 Å². The van der Waals surface area contributed by atoms with E-state index in [0.29, 0.717) is 24.6 Å². The van der Waals surface area contributed by atoms with Crippen molar-refractivity contribution in [2.45, 2.75) is 44.6 Å². The van der Waals surface area contributed by atoms with Gasteiger partial charge in [-0.3, -0.25) is 9.59 Å². The summed E-state index contributed by atoms with van der Waals surface area (Å²) in [6, 6.07) is 8.00. The number of hydrogen-bond donors (Lipinski definition) is 1. The van der Waals surface area contributed by atoms with Crippen LogP contribution in [0.15, 0.2) is 47.3 Å². The van der Waals surface area contributed by atoms with E-state index >= 15 is 0 Å². The molecule has 1 saturated heterocycles. The monoisotopic (exact) mass is 398 g/mol. The molecule has 0 spiro atoms. The van der Waals surface area contributed by atoms with Crippen molar-refractivity contribution in [1.82, 2.24) is 10.2 Å². The van der Waals surface area contributed by atoms with Crippen LogP contribution in [-0.2, 0) is 4.79 Å². The van der Waals surface area contributed by atoms with Crippen LogP contribution in [0.25, 0.3) is 0 Å². The SMILES string of the molecule is O=C(NC(c1ccc(F)cc1)C1CCCC1)C1CCCN(C(=O)c2ccoc2)C1. The van der Waals surface area contributed by atoms with Crippen molar-refractivity contribution in [3.63, 3.8) is 0 Å². The minimum atomic E-state index is -0.272. The van der Waals surface area contributed by atoms with Gasteiger partial charge in [0.2, 0.25) is 5.91 Å². The molecule has 2 fully saturated rings. The highest BCUT2D eigenvalue weighted by molar-refractivity contribution is 5.94. The average Bonchev–Trinajstić information content (AvgIpc) is 3.46. The highest BCUT2D eigenvalue weighted by Gasteiger charge is 2.33. The molecule has 1 aromatic carbocycles. The topological polar surface area (TPSA) is 62.6 Å². The molecule has 5 nitrogen and oxygen atoms in total. The molecule has 2 atom stereocenters. The molecule has 2 heterocycles. The quantitative estimate of drug-likeness (QED) is 0.816. The fraction of sp³-hybridized carbons (Fsp3) is 0.478. The smallest absolute Gasteiger partial charge is 0.257 e. The number of benzene rings is 1. The molecule has 1 aliphatic carbocycles. The Labute approximate surface area is 170 Å². The van der Waals surface area contributed by atoms with Gasteiger partial charge in [-0.05, 0) is 55.4 Å². The summed E-state index contributed by atoms with van der Waals surface area (Å²) in [5.74, 6) is -0.246. The lowest BCUT2D eigenvalue weighted by Gasteiger charge is -2.34. The predicted octanol–water partition coefficient (Wildman–Crippen LogP) is 4.32. The number of carbonyl (C=O) groups excluding carboxylic acids is 2. The van der Waals surface area contributed by atoms with Gasteiger partial charge in [-0.1, -0.05) is 25.0 Å². The van der Waals surface area contributed by atoms with Crippen LogP contribution in [0.5, 0.6) is 0 Å². The van der Waals surface area contributed by atoms with Crippen LogP contribution in [-0.4, -0.2) is 29.8 Å². The van der Waals surface area contributed by atoms with Gasteiger partial charge in [0.1, 0.15) is 12.1 Å². The van der Waals surface area contributed by atoms with Gasteiger partial charge in [0, 0.05) is 13.1 Å². The molecule has 1 N–H and O–H groups in total. The zero-order chi connectivity index (χ0) is 20.2. The van der Waals surface area contributed by atoms with E-state index in [9.17, 15) is 14.0 Å². The van der Waals surface area contributed by atoms with Gasteiger partial charge in [0.25, 0.3) is 5.91 Å². The van der Waals surface area contributed by atoms with Crippen LogP contribution in [0.4, 0.5) is 4.39 Å². The Hall–Kier alpha value is -2.63. The molecular formula is C23H27FN2O3. The van der Waals surface area contributed by atoms with Gasteiger partial charge in [0.15, 0.2) is 0 Å². The number of halogens is 1. The number of nitrogens with zero attached hydrogens (tertiary/aromatic N) is 1. The number of piperidine rings is 1. The van der Waals surface area contributed by atoms with Gasteiger partial charge in [-0.25, -0.2) is 4.39 Å². The third kappa shape index (κ3) is 4.52. The molecule has 2 unspecified atom stereocenters. The first kappa shape index (κ1) is 19.7. The van der Waals surface area contributed by atoms with E-state index in [0.717, 1.165) is 44.1 Å². The minimum absolute atomic E-state index is 0.0177. The summed E-state index contributed by atoms with van der Waals surface area (Å²) in [4.78, 5) is 27.5. The first-order valence-electron chi connectivity index (χ1n) is 10.5. The average molecular weight is 398 g/mol. The molecule has 2 aliphatic rings. The van der Waals surface area contributed by atoms with E-state index in [-0.39, 0.29) is 29.6 Å². The van der Waals surface area contributed by atoms with Crippen LogP contribution >= 0.6 is 0 Å². The summed E-state index contributed by atoms with van der Waals surface area (Å²) in [6.07, 6.45) is 8.94. The molecule has 2 amide bonds. The molecule has 154 valence electrons. The Morgan fingerprint density at radius 1 is 1.07 bits per heavy atom. The maximum atomic E-state index is 13.4. The first-order chi connectivity index (χ1) is 14.1. The number of likely N-dealkylation sites (tertiary alicyclic amines) is 1. The Morgan fingerprint density at radius 3 is 2.52 bits per heavy atom. The van der Waals surface area contributed by atoms with Crippen molar-refractivity contribution < 1.29 is 18.4 Å². The number of hydrogen-bond acceptors (Lipinski definition) is 3. The molecule has 6 heteroatoms. The second kappa shape index (κ2) is 8.80. The Morgan fingerprint density at radius 2 is 1.83 bits per heavy atom. The molecule has 0 radical (unpaired) electrons. The first-order valence-corrected chi connectivity index (χ1v) is 10.5. The zero-order valence-electron chi connectivity index (χ0n) is 16.5. The fourth-order valence-corrected chi connectivity index (χ4v) is 4.65. The lowest BCUT2D eigenvalue weighted by Crippen LogP contribution is -2.46. The Bertz CT molecular complexity index is 828. The van der Waals surface area contributed by atoms with Crippen LogP contribution < -0.4 is 5.32 Å². The number of rotatable bonds is 5. The van der Waals surface area contributed by atoms with Crippen molar-refractivity contribution in [3.8, 4) is 0 Å². The Kier molecular flexibility index (Phi) is 5.97. The molecule has 1 aromatic heterocycles. The highest BCUT2D eigenvalue weighted by Crippen LogP contribution is 2.36. The van der Waals surface area contributed by atoms with Crippen LogP contribution in [0.2, 0.25) is 0 Å². The summed E-state index contributed by atoms with van der Waals surface area (Å²) >= 11 is 0. The summed E-state index contributed by atoms with van der Waals surface area (Å²) in [5.41, 5.74) is 1.47. The summed E-state index contributed by atoms with van der Waals surface area (Å²) in [7, 11) is 0. The number of amides is 2. The minimum Gasteiger partial charge on any atom is -0.472 e. The van der Waals surface area contributed by atoms with Crippen molar-refractivity contribution in [1.29, 1.82) is 0 Å². The van der Waals surface area contributed by atoms with E-state index in [2.05, 4.69) is 5.32 Å². The summed E-state index contributed by atoms with van der Waals surface area (Å²) < 4.78 is 18.4. The van der Waals surface area contributed by atoms with Crippen LogP contribution in [0.3, 0.4) is 0 Å². The molecule has 1 aliphatic heterocycles. The zero-order valence-corrected chi connectivity index (χ0v) is 16.5. The van der Waals surface area contributed by atoms with E-state index in [1.54, 1.807) is 23.1 Å². The highest BCUT2D eigenvalue weighted by atomic mass is 19.1. The standard InChI is InChI=1S/C23H27FN2O3/c24-20-9-7-17(8-10-20)21(16-4-1-2-5-16)25-22(27)18-6-3-12-26(14-18)23(28)19-11-13-29-15-19/h7-11,13,15-16,18,21H,1-6,12,14H2,(H,25,27). The largest absolute Gasteiger partial charge is 0.472 e. The lowest BCUT2D eigenvalue weighted by molar-refractivity contribution is -0.127. The predicted molar refractivity (Wildman–Crippen MR) is 107 cm³/mol. The lowest BCUT2D eigenvalue weighted by atomic mass is 9.90. The molecule has 0 bridgehead atoms. The third-order valence-corrected chi connectivity index (χ3v) is 6.25. The summed E-state index contributed by atoms with van der Waals surface area (Å²) in [5, 5.41) is 3.24. The second-order valence-electron chi connectivity index (χ2n) is 8.18. The third-order valence-electron chi connectivity index (χ3n) is 6.25. The molecule has 1 saturated carbocycles. The van der Waals surface area contributed by atoms with E-state index in [1.165, 1.54) is 24.7 Å². The van der Waals surface area contributed by atoms with Crippen molar-refractivity contribution in [2.75, 3.05) is 13.1 Å². The molecule has 2 aromatic rings. The summed E-state index contributed by atoms with van der Waals surface area (Å²) in [6.45, 7) is 1.06. The normalized spacial score (nSPS) is 21.1. The maximum absolute atomic E-state index is 13.4. The second-order valence-corrected chi connectivity index (χ2v) is 8.18. The fourth-order valence-electron chi connectivity index (χ4n) is 4.65. The van der Waals surface area contributed by atoms with E-state index in [4.69, 9.17) is 4.42 Å². The number of carbonyl (C=O) groups is 2.